The fourth-order valence-electron chi connectivity index (χ4n) is 3.82. The number of aliphatic hydroxyl groups is 1. The molecule has 2 atom stereocenters. The van der Waals surface area contributed by atoms with Crippen LogP contribution in [0, 0.1) is 0 Å². The van der Waals surface area contributed by atoms with E-state index in [1.165, 1.54) is 57.8 Å². The van der Waals surface area contributed by atoms with Crippen molar-refractivity contribution < 1.29 is 47.6 Å². The van der Waals surface area contributed by atoms with Crippen molar-refractivity contribution in [2.24, 2.45) is 0 Å². The second-order valence-corrected chi connectivity index (χ2v) is 10.2. The van der Waals surface area contributed by atoms with Gasteiger partial charge in [-0.3, -0.25) is 0 Å². The van der Waals surface area contributed by atoms with Crippen molar-refractivity contribution in [2.45, 2.75) is 147 Å². The Morgan fingerprint density at radius 3 is 1.34 bits per heavy atom. The van der Waals surface area contributed by atoms with E-state index >= 15 is 0 Å². The predicted molar refractivity (Wildman–Crippen MR) is 119 cm³/mol. The smallest absolute Gasteiger partial charge is 0.748 e. The molecule has 4 nitrogen and oxygen atoms in total. The van der Waals surface area contributed by atoms with Gasteiger partial charge in [-0.1, -0.05) is 110 Å². The average Bonchev–Trinajstić information content (AvgIpc) is 2.64. The van der Waals surface area contributed by atoms with Crippen LogP contribution in [-0.4, -0.2) is 29.4 Å². The molecule has 170 valence electrons. The quantitative estimate of drug-likeness (QED) is 0.167. The van der Waals surface area contributed by atoms with Gasteiger partial charge in [0.05, 0.1) is 16.2 Å². The van der Waals surface area contributed by atoms with Gasteiger partial charge in [0, 0.05) is 5.25 Å². The standard InChI is InChI=1S/C23H48O4S.Na/c1-3-5-7-9-11-13-15-20-23(28(25,26)27)21-17-16-19-22(24)18-14-12-10-8-6-4-2;/h22-24H,3-21H2,1-2H3,(H,25,26,27);/q;+1/p-1. The van der Waals surface area contributed by atoms with Crippen molar-refractivity contribution in [1.82, 2.24) is 0 Å². The molecule has 0 aliphatic carbocycles. The Morgan fingerprint density at radius 2 is 0.931 bits per heavy atom. The van der Waals surface area contributed by atoms with Gasteiger partial charge in [0.2, 0.25) is 0 Å². The molecule has 0 saturated carbocycles. The zero-order valence-corrected chi connectivity index (χ0v) is 22.5. The predicted octanol–water partition coefficient (Wildman–Crippen LogP) is 3.72. The van der Waals surface area contributed by atoms with E-state index in [2.05, 4.69) is 13.8 Å². The average molecular weight is 443 g/mol. The minimum atomic E-state index is -4.20. The zero-order chi connectivity index (χ0) is 21.1. The van der Waals surface area contributed by atoms with Crippen LogP contribution in [0.3, 0.4) is 0 Å². The number of hydrogen-bond acceptors (Lipinski definition) is 4. The fraction of sp³-hybridized carbons (Fsp3) is 1.00. The van der Waals surface area contributed by atoms with Crippen LogP contribution in [0.2, 0.25) is 0 Å². The van der Waals surface area contributed by atoms with E-state index < -0.39 is 15.4 Å². The molecule has 0 spiro atoms. The van der Waals surface area contributed by atoms with E-state index in [-0.39, 0.29) is 35.7 Å². The van der Waals surface area contributed by atoms with Crippen molar-refractivity contribution in [3.63, 3.8) is 0 Å². The second kappa shape index (κ2) is 22.1. The molecule has 1 N–H and O–H groups in total. The van der Waals surface area contributed by atoms with Crippen LogP contribution in [0.15, 0.2) is 0 Å². The molecule has 0 aromatic carbocycles. The largest absolute Gasteiger partial charge is 1.00 e. The van der Waals surface area contributed by atoms with Gasteiger partial charge in [-0.15, -0.1) is 0 Å². The first-order chi connectivity index (χ1) is 13.4. The van der Waals surface area contributed by atoms with Gasteiger partial charge in [-0.2, -0.15) is 0 Å². The summed E-state index contributed by atoms with van der Waals surface area (Å²) in [6, 6.07) is 0. The summed E-state index contributed by atoms with van der Waals surface area (Å²) in [6.07, 6.45) is 19.0. The summed E-state index contributed by atoms with van der Waals surface area (Å²) < 4.78 is 34.5. The zero-order valence-electron chi connectivity index (χ0n) is 19.7. The first-order valence-corrected chi connectivity index (χ1v) is 13.5. The van der Waals surface area contributed by atoms with E-state index in [0.717, 1.165) is 51.4 Å². The van der Waals surface area contributed by atoms with Gasteiger partial charge < -0.3 is 9.66 Å². The van der Waals surface area contributed by atoms with Crippen LogP contribution in [0.25, 0.3) is 0 Å². The SMILES string of the molecule is CCCCCCCCCC(CCCCC(O)CCCCCCCC)S(=O)(=O)[O-].[Na+]. The molecule has 0 aliphatic heterocycles. The molecule has 0 bridgehead atoms. The van der Waals surface area contributed by atoms with Crippen molar-refractivity contribution in [1.29, 1.82) is 0 Å². The molecule has 0 heterocycles. The molecule has 0 rings (SSSR count). The summed E-state index contributed by atoms with van der Waals surface area (Å²) in [6.45, 7) is 4.40. The molecule has 0 aromatic rings. The molecule has 0 aromatic heterocycles. The Bertz CT molecular complexity index is 429. The summed E-state index contributed by atoms with van der Waals surface area (Å²) in [7, 11) is -4.20. The van der Waals surface area contributed by atoms with Crippen LogP contribution < -0.4 is 29.6 Å². The van der Waals surface area contributed by atoms with Gasteiger partial charge in [0.25, 0.3) is 0 Å². The number of rotatable bonds is 21. The molecule has 0 fully saturated rings. The molecule has 6 heteroatoms. The first-order valence-electron chi connectivity index (χ1n) is 12.0. The summed E-state index contributed by atoms with van der Waals surface area (Å²) in [5.41, 5.74) is 0. The van der Waals surface area contributed by atoms with Crippen molar-refractivity contribution in [2.75, 3.05) is 0 Å². The number of hydrogen-bond donors (Lipinski definition) is 1. The molecular formula is C23H47NaO4S. The molecule has 0 saturated heterocycles. The Morgan fingerprint density at radius 1 is 0.621 bits per heavy atom. The minimum absolute atomic E-state index is 0. The third kappa shape index (κ3) is 21.9. The van der Waals surface area contributed by atoms with Gasteiger partial charge in [0.1, 0.15) is 0 Å². The summed E-state index contributed by atoms with van der Waals surface area (Å²) in [5.74, 6) is 0. The molecule has 0 aliphatic rings. The topological polar surface area (TPSA) is 77.4 Å². The number of unbranched alkanes of at least 4 members (excludes halogenated alkanes) is 12. The van der Waals surface area contributed by atoms with Gasteiger partial charge in [-0.05, 0) is 25.7 Å². The van der Waals surface area contributed by atoms with Gasteiger partial charge >= 0.3 is 29.6 Å². The van der Waals surface area contributed by atoms with Crippen LogP contribution in [0.1, 0.15) is 136 Å². The number of aliphatic hydroxyl groups excluding tert-OH is 1. The van der Waals surface area contributed by atoms with Crippen LogP contribution in [0.4, 0.5) is 0 Å². The van der Waals surface area contributed by atoms with Gasteiger partial charge in [-0.25, -0.2) is 8.42 Å². The molecular weight excluding hydrogens is 395 g/mol. The molecule has 29 heavy (non-hydrogen) atoms. The maximum absolute atomic E-state index is 11.5. The first kappa shape index (κ1) is 32.1. The molecule has 0 radical (unpaired) electrons. The van der Waals surface area contributed by atoms with Crippen LogP contribution >= 0.6 is 0 Å². The van der Waals surface area contributed by atoms with E-state index in [4.69, 9.17) is 0 Å². The maximum Gasteiger partial charge on any atom is 1.00 e. The normalized spacial score (nSPS) is 13.8. The summed E-state index contributed by atoms with van der Waals surface area (Å²) in [5, 5.41) is 9.32. The fourth-order valence-corrected chi connectivity index (χ4v) is 4.73. The Hall–Kier alpha value is 0.870. The van der Waals surface area contributed by atoms with E-state index in [0.29, 0.717) is 12.8 Å². The molecule has 2 unspecified atom stereocenters. The van der Waals surface area contributed by atoms with E-state index in [1.54, 1.807) is 0 Å². The Balaban J connectivity index is 0. The second-order valence-electron chi connectivity index (χ2n) is 8.52. The monoisotopic (exact) mass is 442 g/mol. The summed E-state index contributed by atoms with van der Waals surface area (Å²) >= 11 is 0. The van der Waals surface area contributed by atoms with Crippen LogP contribution in [-0.2, 0) is 10.1 Å². The maximum atomic E-state index is 11.5. The minimum Gasteiger partial charge on any atom is -0.748 e. The Labute approximate surface area is 204 Å². The third-order valence-electron chi connectivity index (χ3n) is 5.74. The third-order valence-corrected chi connectivity index (χ3v) is 7.03. The summed E-state index contributed by atoms with van der Waals surface area (Å²) in [4.78, 5) is 0. The van der Waals surface area contributed by atoms with Crippen molar-refractivity contribution >= 4 is 10.1 Å². The molecule has 0 amide bonds. The van der Waals surface area contributed by atoms with Crippen molar-refractivity contribution in [3.8, 4) is 0 Å². The van der Waals surface area contributed by atoms with E-state index in [1.807, 2.05) is 0 Å². The van der Waals surface area contributed by atoms with Gasteiger partial charge in [0.15, 0.2) is 0 Å². The van der Waals surface area contributed by atoms with Crippen LogP contribution in [0.5, 0.6) is 0 Å². The van der Waals surface area contributed by atoms with Crippen molar-refractivity contribution in [3.05, 3.63) is 0 Å². The van der Waals surface area contributed by atoms with E-state index in [9.17, 15) is 18.1 Å². The Kier molecular flexibility index (Phi) is 24.4.